The van der Waals surface area contributed by atoms with Crippen molar-refractivity contribution in [3.8, 4) is 0 Å². The molecule has 15 heavy (non-hydrogen) atoms. The van der Waals surface area contributed by atoms with Crippen LogP contribution in [0.25, 0.3) is 0 Å². The van der Waals surface area contributed by atoms with E-state index in [4.69, 9.17) is 0 Å². The van der Waals surface area contributed by atoms with Crippen LogP contribution < -0.4 is 5.32 Å². The van der Waals surface area contributed by atoms with Crippen LogP contribution in [0.15, 0.2) is 22.2 Å². The van der Waals surface area contributed by atoms with Crippen LogP contribution in [-0.4, -0.2) is 16.5 Å². The van der Waals surface area contributed by atoms with Gasteiger partial charge in [0.2, 0.25) is 0 Å². The highest BCUT2D eigenvalue weighted by atomic mass is 79.9. The highest BCUT2D eigenvalue weighted by molar-refractivity contribution is 9.10. The molecule has 3 nitrogen and oxygen atoms in total. The monoisotopic (exact) mass is 283 g/mol. The largest absolute Gasteiger partial charge is 0.348 e. The molecule has 78 valence electrons. The molecular formula is C10H10BrN3S. The van der Waals surface area contributed by atoms with Crippen molar-refractivity contribution in [3.05, 3.63) is 38.5 Å². The lowest BCUT2D eigenvalue weighted by Crippen LogP contribution is -2.30. The van der Waals surface area contributed by atoms with E-state index in [-0.39, 0.29) is 6.04 Å². The van der Waals surface area contributed by atoms with Gasteiger partial charge in [-0.05, 0) is 27.4 Å². The number of rotatable bonds is 1. The van der Waals surface area contributed by atoms with Crippen molar-refractivity contribution < 1.29 is 0 Å². The summed E-state index contributed by atoms with van der Waals surface area (Å²) in [5, 5.41) is 5.60. The topological polar surface area (TPSA) is 40.7 Å². The third-order valence-corrected chi connectivity index (χ3v) is 4.59. The standard InChI is InChI=1S/C10H10BrN3S/c11-6-2-4-15-10(6)9-8-7(1-3-12-9)13-5-14-8/h2,4-5,9,12H,1,3H2,(H,13,14). The first-order valence-corrected chi connectivity index (χ1v) is 6.52. The second kappa shape index (κ2) is 3.73. The first-order valence-electron chi connectivity index (χ1n) is 4.84. The summed E-state index contributed by atoms with van der Waals surface area (Å²) in [6.45, 7) is 1.00. The van der Waals surface area contributed by atoms with E-state index in [2.05, 4.69) is 42.7 Å². The first kappa shape index (κ1) is 9.57. The number of aromatic nitrogens is 2. The van der Waals surface area contributed by atoms with Crippen molar-refractivity contribution in [1.82, 2.24) is 15.3 Å². The Morgan fingerprint density at radius 1 is 1.53 bits per heavy atom. The summed E-state index contributed by atoms with van der Waals surface area (Å²) < 4.78 is 1.17. The van der Waals surface area contributed by atoms with Gasteiger partial charge in [0.1, 0.15) is 0 Å². The Labute approximate surface area is 100 Å². The van der Waals surface area contributed by atoms with Crippen molar-refractivity contribution in [3.63, 3.8) is 0 Å². The van der Waals surface area contributed by atoms with E-state index in [1.165, 1.54) is 15.0 Å². The van der Waals surface area contributed by atoms with Crippen LogP contribution in [0.4, 0.5) is 0 Å². The molecule has 1 aliphatic heterocycles. The summed E-state index contributed by atoms with van der Waals surface area (Å²) in [5.41, 5.74) is 2.41. The smallest absolute Gasteiger partial charge is 0.0926 e. The van der Waals surface area contributed by atoms with Gasteiger partial charge in [0.05, 0.1) is 18.1 Å². The maximum atomic E-state index is 4.40. The van der Waals surface area contributed by atoms with Gasteiger partial charge in [-0.3, -0.25) is 0 Å². The Balaban J connectivity index is 2.07. The minimum absolute atomic E-state index is 0.245. The summed E-state index contributed by atoms with van der Waals surface area (Å²) in [7, 11) is 0. The second-order valence-corrected chi connectivity index (χ2v) is 5.34. The average Bonchev–Trinajstić information content (AvgIpc) is 2.85. The number of nitrogens with zero attached hydrogens (tertiary/aromatic N) is 1. The van der Waals surface area contributed by atoms with Crippen molar-refractivity contribution in [2.24, 2.45) is 0 Å². The zero-order chi connectivity index (χ0) is 10.3. The molecule has 2 N–H and O–H groups in total. The first-order chi connectivity index (χ1) is 7.36. The van der Waals surface area contributed by atoms with Crippen molar-refractivity contribution in [2.75, 3.05) is 6.54 Å². The van der Waals surface area contributed by atoms with Crippen molar-refractivity contribution in [1.29, 1.82) is 0 Å². The van der Waals surface area contributed by atoms with E-state index in [1.54, 1.807) is 17.7 Å². The zero-order valence-corrected chi connectivity index (χ0v) is 10.4. The Hall–Kier alpha value is -0.650. The number of imidazole rings is 1. The summed E-state index contributed by atoms with van der Waals surface area (Å²) in [6, 6.07) is 2.33. The van der Waals surface area contributed by atoms with Gasteiger partial charge in [-0.1, -0.05) is 0 Å². The molecule has 0 saturated heterocycles. The van der Waals surface area contributed by atoms with Gasteiger partial charge >= 0.3 is 0 Å². The molecule has 3 rings (SSSR count). The minimum Gasteiger partial charge on any atom is -0.348 e. The lowest BCUT2D eigenvalue weighted by Gasteiger charge is -2.22. The Morgan fingerprint density at radius 2 is 2.47 bits per heavy atom. The highest BCUT2D eigenvalue weighted by Gasteiger charge is 2.25. The molecule has 0 aliphatic carbocycles. The van der Waals surface area contributed by atoms with E-state index in [9.17, 15) is 0 Å². The van der Waals surface area contributed by atoms with Crippen LogP contribution in [-0.2, 0) is 6.42 Å². The summed E-state index contributed by atoms with van der Waals surface area (Å²) in [6.07, 6.45) is 2.82. The molecule has 1 atom stereocenters. The number of H-pyrrole nitrogens is 1. The van der Waals surface area contributed by atoms with Crippen LogP contribution in [0.2, 0.25) is 0 Å². The molecule has 0 amide bonds. The lowest BCUT2D eigenvalue weighted by molar-refractivity contribution is 0.559. The molecule has 0 saturated carbocycles. The van der Waals surface area contributed by atoms with E-state index in [1.807, 2.05) is 0 Å². The molecule has 2 aromatic heterocycles. The third-order valence-electron chi connectivity index (χ3n) is 2.66. The van der Waals surface area contributed by atoms with Crippen LogP contribution in [0.1, 0.15) is 22.3 Å². The van der Waals surface area contributed by atoms with Gasteiger partial charge in [-0.25, -0.2) is 4.98 Å². The molecule has 0 aromatic carbocycles. The van der Waals surface area contributed by atoms with E-state index >= 15 is 0 Å². The van der Waals surface area contributed by atoms with Gasteiger partial charge < -0.3 is 10.3 Å². The molecule has 1 aliphatic rings. The Bertz CT molecular complexity index is 476. The van der Waals surface area contributed by atoms with Crippen LogP contribution >= 0.6 is 27.3 Å². The van der Waals surface area contributed by atoms with Crippen molar-refractivity contribution in [2.45, 2.75) is 12.5 Å². The van der Waals surface area contributed by atoms with Crippen LogP contribution in [0, 0.1) is 0 Å². The minimum atomic E-state index is 0.245. The van der Waals surface area contributed by atoms with Gasteiger partial charge in [0.15, 0.2) is 0 Å². The van der Waals surface area contributed by atoms with E-state index in [0.29, 0.717) is 0 Å². The summed E-state index contributed by atoms with van der Waals surface area (Å²) in [4.78, 5) is 8.92. The van der Waals surface area contributed by atoms with E-state index in [0.717, 1.165) is 18.7 Å². The maximum absolute atomic E-state index is 4.40. The molecule has 0 bridgehead atoms. The molecule has 1 unspecified atom stereocenters. The second-order valence-electron chi connectivity index (χ2n) is 3.54. The van der Waals surface area contributed by atoms with Crippen LogP contribution in [0.5, 0.6) is 0 Å². The van der Waals surface area contributed by atoms with Crippen LogP contribution in [0.3, 0.4) is 0 Å². The Kier molecular flexibility index (Phi) is 2.38. The molecule has 0 spiro atoms. The molecule has 0 radical (unpaired) electrons. The average molecular weight is 284 g/mol. The molecule has 5 heteroatoms. The number of fused-ring (bicyclic) bond motifs is 1. The molecule has 2 aromatic rings. The quantitative estimate of drug-likeness (QED) is 0.844. The number of thiophene rings is 1. The number of hydrogen-bond acceptors (Lipinski definition) is 3. The fraction of sp³-hybridized carbons (Fsp3) is 0.300. The van der Waals surface area contributed by atoms with Gasteiger partial charge in [-0.15, -0.1) is 11.3 Å². The molecule has 3 heterocycles. The lowest BCUT2D eigenvalue weighted by atomic mass is 10.0. The highest BCUT2D eigenvalue weighted by Crippen LogP contribution is 2.34. The predicted octanol–water partition coefficient (Wildman–Crippen LogP) is 2.47. The SMILES string of the molecule is Brc1ccsc1C1NCCc2[nH]cnc21. The zero-order valence-electron chi connectivity index (χ0n) is 7.96. The van der Waals surface area contributed by atoms with Gasteiger partial charge in [0.25, 0.3) is 0 Å². The Morgan fingerprint density at radius 3 is 3.27 bits per heavy atom. The number of aromatic amines is 1. The van der Waals surface area contributed by atoms with Gasteiger partial charge in [-0.2, -0.15) is 0 Å². The fourth-order valence-corrected chi connectivity index (χ4v) is 3.63. The normalized spacial score (nSPS) is 20.2. The fourth-order valence-electron chi connectivity index (χ4n) is 1.95. The number of nitrogens with one attached hydrogen (secondary N) is 2. The number of hydrogen-bond donors (Lipinski definition) is 2. The number of halogens is 1. The van der Waals surface area contributed by atoms with E-state index < -0.39 is 0 Å². The maximum Gasteiger partial charge on any atom is 0.0926 e. The predicted molar refractivity (Wildman–Crippen MR) is 64.2 cm³/mol. The third kappa shape index (κ3) is 1.55. The summed E-state index contributed by atoms with van der Waals surface area (Å²) in [5.74, 6) is 0. The summed E-state index contributed by atoms with van der Waals surface area (Å²) >= 11 is 5.33. The molecular weight excluding hydrogens is 274 g/mol. The molecule has 0 fully saturated rings. The van der Waals surface area contributed by atoms with Gasteiger partial charge in [0, 0.05) is 28.0 Å². The van der Waals surface area contributed by atoms with Crippen molar-refractivity contribution >= 4 is 27.3 Å².